The second-order valence-electron chi connectivity index (χ2n) is 6.47. The zero-order valence-electron chi connectivity index (χ0n) is 14.0. The highest BCUT2D eigenvalue weighted by Gasteiger charge is 2.38. The number of anilines is 1. The van der Waals surface area contributed by atoms with Crippen LogP contribution in [0.2, 0.25) is 0 Å². The number of nitrogens with two attached hydrogens (primary N) is 1. The summed E-state index contributed by atoms with van der Waals surface area (Å²) in [5.41, 5.74) is 9.18. The minimum atomic E-state index is -0.555. The third kappa shape index (κ3) is 3.13. The standard InChI is InChI=1S/C18H22BrN3O2/c1-11-12(2)22-15-4-3-13(19)9-14(15)16(11)21-10-18(17(20)23)5-7-24-8-6-18/h3-4,9H,5-8,10H2,1-2H3,(H2,20,23)(H,21,22). The third-order valence-electron chi connectivity index (χ3n) is 5.01. The highest BCUT2D eigenvalue weighted by atomic mass is 79.9. The van der Waals surface area contributed by atoms with Gasteiger partial charge >= 0.3 is 0 Å². The quantitative estimate of drug-likeness (QED) is 0.837. The van der Waals surface area contributed by atoms with Crippen LogP contribution in [0.3, 0.4) is 0 Å². The lowest BCUT2D eigenvalue weighted by Crippen LogP contribution is -2.46. The van der Waals surface area contributed by atoms with Crippen LogP contribution in [-0.4, -0.2) is 30.6 Å². The van der Waals surface area contributed by atoms with Crippen LogP contribution in [-0.2, 0) is 9.53 Å². The maximum atomic E-state index is 12.1. The Hall–Kier alpha value is -1.66. The molecule has 5 nitrogen and oxygen atoms in total. The summed E-state index contributed by atoms with van der Waals surface area (Å²) in [6, 6.07) is 6.03. The monoisotopic (exact) mass is 391 g/mol. The maximum absolute atomic E-state index is 12.1. The van der Waals surface area contributed by atoms with Crippen LogP contribution in [0.5, 0.6) is 0 Å². The molecular formula is C18H22BrN3O2. The van der Waals surface area contributed by atoms with Gasteiger partial charge in [0.2, 0.25) is 5.91 Å². The van der Waals surface area contributed by atoms with Gasteiger partial charge < -0.3 is 15.8 Å². The number of carbonyl (C=O) groups is 1. The van der Waals surface area contributed by atoms with Gasteiger partial charge in [-0.25, -0.2) is 0 Å². The van der Waals surface area contributed by atoms with Gasteiger partial charge in [-0.05, 0) is 50.5 Å². The fourth-order valence-electron chi connectivity index (χ4n) is 3.21. The van der Waals surface area contributed by atoms with Crippen LogP contribution >= 0.6 is 15.9 Å². The average molecular weight is 392 g/mol. The van der Waals surface area contributed by atoms with Gasteiger partial charge in [0.25, 0.3) is 0 Å². The summed E-state index contributed by atoms with van der Waals surface area (Å²) in [5, 5.41) is 4.54. The first-order valence-corrected chi connectivity index (χ1v) is 8.90. The number of benzene rings is 1. The second kappa shape index (κ2) is 6.69. The SMILES string of the molecule is Cc1nc2ccc(Br)cc2c(NCC2(C(N)=O)CCOCC2)c1C. The minimum Gasteiger partial charge on any atom is -0.383 e. The van der Waals surface area contributed by atoms with Crippen LogP contribution in [0, 0.1) is 19.3 Å². The number of aryl methyl sites for hydroxylation is 1. The molecule has 3 rings (SSSR count). The van der Waals surface area contributed by atoms with E-state index in [1.165, 1.54) is 0 Å². The molecule has 6 heteroatoms. The van der Waals surface area contributed by atoms with Gasteiger partial charge in [0.1, 0.15) is 0 Å². The molecule has 0 atom stereocenters. The zero-order valence-corrected chi connectivity index (χ0v) is 15.6. The van der Waals surface area contributed by atoms with Gasteiger partial charge in [0, 0.05) is 41.0 Å². The van der Waals surface area contributed by atoms with Gasteiger partial charge in [0.05, 0.1) is 10.9 Å². The summed E-state index contributed by atoms with van der Waals surface area (Å²) in [5.74, 6) is -0.257. The number of nitrogens with zero attached hydrogens (tertiary/aromatic N) is 1. The Kier molecular flexibility index (Phi) is 4.78. The molecular weight excluding hydrogens is 370 g/mol. The molecule has 0 bridgehead atoms. The lowest BCUT2D eigenvalue weighted by Gasteiger charge is -2.35. The fourth-order valence-corrected chi connectivity index (χ4v) is 3.57. The molecule has 1 aromatic carbocycles. The molecule has 1 aliphatic heterocycles. The second-order valence-corrected chi connectivity index (χ2v) is 7.38. The van der Waals surface area contributed by atoms with Crippen LogP contribution < -0.4 is 11.1 Å². The van der Waals surface area contributed by atoms with Crippen molar-refractivity contribution in [3.63, 3.8) is 0 Å². The molecule has 0 spiro atoms. The van der Waals surface area contributed by atoms with E-state index in [1.807, 2.05) is 26.0 Å². The first-order valence-electron chi connectivity index (χ1n) is 8.11. The van der Waals surface area contributed by atoms with Crippen LogP contribution in [0.25, 0.3) is 10.9 Å². The van der Waals surface area contributed by atoms with E-state index in [0.29, 0.717) is 32.6 Å². The van der Waals surface area contributed by atoms with Crippen molar-refractivity contribution >= 4 is 38.4 Å². The maximum Gasteiger partial charge on any atom is 0.225 e. The lowest BCUT2D eigenvalue weighted by atomic mass is 9.79. The number of halogens is 1. The Bertz CT molecular complexity index is 785. The van der Waals surface area contributed by atoms with Crippen molar-refractivity contribution in [2.45, 2.75) is 26.7 Å². The topological polar surface area (TPSA) is 77.2 Å². The minimum absolute atomic E-state index is 0.257. The van der Waals surface area contributed by atoms with E-state index in [-0.39, 0.29) is 5.91 Å². The molecule has 1 saturated heterocycles. The van der Waals surface area contributed by atoms with E-state index in [1.54, 1.807) is 0 Å². The zero-order chi connectivity index (χ0) is 17.3. The van der Waals surface area contributed by atoms with E-state index in [4.69, 9.17) is 10.5 Å². The summed E-state index contributed by atoms with van der Waals surface area (Å²) >= 11 is 3.52. The average Bonchev–Trinajstić information content (AvgIpc) is 2.56. The summed E-state index contributed by atoms with van der Waals surface area (Å²) in [7, 11) is 0. The highest BCUT2D eigenvalue weighted by molar-refractivity contribution is 9.10. The molecule has 0 saturated carbocycles. The van der Waals surface area contributed by atoms with Crippen molar-refractivity contribution in [3.8, 4) is 0 Å². The molecule has 1 fully saturated rings. The van der Waals surface area contributed by atoms with Crippen molar-refractivity contribution in [3.05, 3.63) is 33.9 Å². The number of carbonyl (C=O) groups excluding carboxylic acids is 1. The van der Waals surface area contributed by atoms with Crippen molar-refractivity contribution in [2.75, 3.05) is 25.1 Å². The van der Waals surface area contributed by atoms with E-state index in [0.717, 1.165) is 32.3 Å². The molecule has 2 aromatic rings. The number of rotatable bonds is 4. The van der Waals surface area contributed by atoms with E-state index in [2.05, 4.69) is 32.3 Å². The van der Waals surface area contributed by atoms with E-state index < -0.39 is 5.41 Å². The number of aromatic nitrogens is 1. The largest absolute Gasteiger partial charge is 0.383 e. The molecule has 1 amide bonds. The molecule has 0 aliphatic carbocycles. The molecule has 0 unspecified atom stereocenters. The summed E-state index contributed by atoms with van der Waals surface area (Å²) in [6.45, 7) is 5.71. The Labute approximate surface area is 150 Å². The van der Waals surface area contributed by atoms with E-state index >= 15 is 0 Å². The third-order valence-corrected chi connectivity index (χ3v) is 5.50. The molecule has 1 aromatic heterocycles. The lowest BCUT2D eigenvalue weighted by molar-refractivity contribution is -0.132. The number of primary amides is 1. The molecule has 0 radical (unpaired) electrons. The van der Waals surface area contributed by atoms with Crippen molar-refractivity contribution in [1.82, 2.24) is 4.98 Å². The predicted molar refractivity (Wildman–Crippen MR) is 99.1 cm³/mol. The number of pyridine rings is 1. The molecule has 3 N–H and O–H groups in total. The summed E-state index contributed by atoms with van der Waals surface area (Å²) < 4.78 is 6.40. The van der Waals surface area contributed by atoms with Crippen LogP contribution in [0.1, 0.15) is 24.1 Å². The first kappa shape index (κ1) is 17.2. The normalized spacial score (nSPS) is 17.0. The van der Waals surface area contributed by atoms with Gasteiger partial charge in [-0.3, -0.25) is 9.78 Å². The first-order chi connectivity index (χ1) is 11.4. The predicted octanol–water partition coefficient (Wildman–Crippen LogP) is 3.31. The molecule has 24 heavy (non-hydrogen) atoms. The Morgan fingerprint density at radius 3 is 2.75 bits per heavy atom. The highest BCUT2D eigenvalue weighted by Crippen LogP contribution is 2.34. The number of nitrogens with one attached hydrogen (secondary N) is 1. The van der Waals surface area contributed by atoms with Crippen molar-refractivity contribution in [1.29, 1.82) is 0 Å². The summed E-state index contributed by atoms with van der Waals surface area (Å²) in [6.07, 6.45) is 1.31. The van der Waals surface area contributed by atoms with Gasteiger partial charge in [0.15, 0.2) is 0 Å². The molecule has 2 heterocycles. The number of fused-ring (bicyclic) bond motifs is 1. The Balaban J connectivity index is 1.98. The van der Waals surface area contributed by atoms with Crippen LogP contribution in [0.15, 0.2) is 22.7 Å². The van der Waals surface area contributed by atoms with Crippen LogP contribution in [0.4, 0.5) is 5.69 Å². The number of ether oxygens (including phenoxy) is 1. The molecule has 128 valence electrons. The summed E-state index contributed by atoms with van der Waals surface area (Å²) in [4.78, 5) is 16.7. The number of amides is 1. The van der Waals surface area contributed by atoms with Gasteiger partial charge in [-0.15, -0.1) is 0 Å². The Morgan fingerprint density at radius 1 is 1.38 bits per heavy atom. The fraction of sp³-hybridized carbons (Fsp3) is 0.444. The Morgan fingerprint density at radius 2 is 2.08 bits per heavy atom. The number of hydrogen-bond donors (Lipinski definition) is 2. The molecule has 1 aliphatic rings. The van der Waals surface area contributed by atoms with E-state index in [9.17, 15) is 4.79 Å². The van der Waals surface area contributed by atoms with Gasteiger partial charge in [-0.2, -0.15) is 0 Å². The smallest absolute Gasteiger partial charge is 0.225 e. The van der Waals surface area contributed by atoms with Crippen molar-refractivity contribution in [2.24, 2.45) is 11.1 Å². The van der Waals surface area contributed by atoms with Crippen molar-refractivity contribution < 1.29 is 9.53 Å². The van der Waals surface area contributed by atoms with Gasteiger partial charge in [-0.1, -0.05) is 15.9 Å². The number of hydrogen-bond acceptors (Lipinski definition) is 4.